The summed E-state index contributed by atoms with van der Waals surface area (Å²) in [4.78, 5) is 21.9. The second-order valence-electron chi connectivity index (χ2n) is 3.30. The summed E-state index contributed by atoms with van der Waals surface area (Å²) in [5.41, 5.74) is 6.94. The van der Waals surface area contributed by atoms with Crippen LogP contribution < -0.4 is 11.1 Å². The standard InChI is InChI=1S/C11H14N2O3.ClH/c1-7(14)13-9-5-3-8(4-6-9)10(12)11(15)16-2;/h3-6,10H,12H2,1-2H3,(H,13,14);1H/t10-;/m1./s1. The van der Waals surface area contributed by atoms with Gasteiger partial charge in [-0.05, 0) is 17.7 Å². The van der Waals surface area contributed by atoms with E-state index in [4.69, 9.17) is 5.73 Å². The highest BCUT2D eigenvalue weighted by atomic mass is 35.5. The molecule has 3 N–H and O–H groups in total. The molecular formula is C11H15ClN2O3. The van der Waals surface area contributed by atoms with Gasteiger partial charge in [-0.2, -0.15) is 0 Å². The first kappa shape index (κ1) is 15.4. The van der Waals surface area contributed by atoms with Crippen LogP contribution in [0.4, 0.5) is 5.69 Å². The van der Waals surface area contributed by atoms with Crippen molar-refractivity contribution in [1.29, 1.82) is 0 Å². The van der Waals surface area contributed by atoms with Gasteiger partial charge in [-0.15, -0.1) is 12.4 Å². The quantitative estimate of drug-likeness (QED) is 0.800. The van der Waals surface area contributed by atoms with Crippen LogP contribution in [-0.4, -0.2) is 19.0 Å². The van der Waals surface area contributed by atoms with Crippen LogP contribution >= 0.6 is 12.4 Å². The summed E-state index contributed by atoms with van der Waals surface area (Å²) < 4.78 is 4.53. The maximum atomic E-state index is 11.2. The molecule has 0 fully saturated rings. The van der Waals surface area contributed by atoms with Crippen LogP contribution in [0.5, 0.6) is 0 Å². The predicted octanol–water partition coefficient (Wildman–Crippen LogP) is 1.24. The van der Waals surface area contributed by atoms with Crippen molar-refractivity contribution in [3.63, 3.8) is 0 Å². The van der Waals surface area contributed by atoms with Gasteiger partial charge in [0, 0.05) is 12.6 Å². The summed E-state index contributed by atoms with van der Waals surface area (Å²) in [7, 11) is 1.29. The summed E-state index contributed by atoms with van der Waals surface area (Å²) in [6, 6.07) is 5.91. The van der Waals surface area contributed by atoms with Crippen LogP contribution in [0, 0.1) is 0 Å². The third-order valence-electron chi connectivity index (χ3n) is 2.05. The van der Waals surface area contributed by atoms with E-state index in [1.165, 1.54) is 14.0 Å². The van der Waals surface area contributed by atoms with Gasteiger partial charge in [-0.25, -0.2) is 0 Å². The fraction of sp³-hybridized carbons (Fsp3) is 0.273. The van der Waals surface area contributed by atoms with Crippen molar-refractivity contribution in [2.75, 3.05) is 12.4 Å². The Kier molecular flexibility index (Phi) is 6.23. The van der Waals surface area contributed by atoms with Crippen LogP contribution in [0.1, 0.15) is 18.5 Å². The van der Waals surface area contributed by atoms with Crippen LogP contribution in [0.25, 0.3) is 0 Å². The molecule has 0 saturated carbocycles. The minimum Gasteiger partial charge on any atom is -0.468 e. The number of nitrogens with two attached hydrogens (primary N) is 1. The lowest BCUT2D eigenvalue weighted by Crippen LogP contribution is -2.22. The van der Waals surface area contributed by atoms with Crippen molar-refractivity contribution in [3.8, 4) is 0 Å². The van der Waals surface area contributed by atoms with E-state index in [1.807, 2.05) is 0 Å². The van der Waals surface area contributed by atoms with Crippen molar-refractivity contribution >= 4 is 30.0 Å². The molecule has 1 rings (SSSR count). The minimum absolute atomic E-state index is 0. The van der Waals surface area contributed by atoms with Crippen LogP contribution in [0.15, 0.2) is 24.3 Å². The van der Waals surface area contributed by atoms with Crippen molar-refractivity contribution in [1.82, 2.24) is 0 Å². The smallest absolute Gasteiger partial charge is 0.327 e. The zero-order valence-corrected chi connectivity index (χ0v) is 10.4. The molecule has 6 heteroatoms. The van der Waals surface area contributed by atoms with Gasteiger partial charge in [-0.1, -0.05) is 12.1 Å². The Bertz CT molecular complexity index is 392. The first-order valence-corrected chi connectivity index (χ1v) is 4.75. The summed E-state index contributed by atoms with van der Waals surface area (Å²) >= 11 is 0. The third-order valence-corrected chi connectivity index (χ3v) is 2.05. The molecule has 0 aliphatic carbocycles. The van der Waals surface area contributed by atoms with Gasteiger partial charge in [-0.3, -0.25) is 9.59 Å². The molecule has 1 aromatic rings. The van der Waals surface area contributed by atoms with Crippen molar-refractivity contribution < 1.29 is 14.3 Å². The van der Waals surface area contributed by atoms with Gasteiger partial charge in [0.25, 0.3) is 0 Å². The number of rotatable bonds is 3. The molecular weight excluding hydrogens is 244 g/mol. The molecule has 0 spiro atoms. The first-order chi connectivity index (χ1) is 7.54. The summed E-state index contributed by atoms with van der Waals surface area (Å²) in [5.74, 6) is -0.641. The average molecular weight is 259 g/mol. The summed E-state index contributed by atoms with van der Waals surface area (Å²) in [6.45, 7) is 1.42. The fourth-order valence-corrected chi connectivity index (χ4v) is 1.24. The van der Waals surface area contributed by atoms with Gasteiger partial charge < -0.3 is 15.8 Å². The minimum atomic E-state index is -0.795. The average Bonchev–Trinajstić information content (AvgIpc) is 2.27. The second-order valence-corrected chi connectivity index (χ2v) is 3.30. The first-order valence-electron chi connectivity index (χ1n) is 4.75. The molecule has 17 heavy (non-hydrogen) atoms. The van der Waals surface area contributed by atoms with E-state index >= 15 is 0 Å². The second kappa shape index (κ2) is 6.88. The molecule has 1 atom stereocenters. The summed E-state index contributed by atoms with van der Waals surface area (Å²) in [5, 5.41) is 2.62. The molecule has 1 amide bonds. The molecule has 0 aromatic heterocycles. The van der Waals surface area contributed by atoms with E-state index in [9.17, 15) is 9.59 Å². The monoisotopic (exact) mass is 258 g/mol. The number of anilines is 1. The lowest BCUT2D eigenvalue weighted by Gasteiger charge is -2.10. The zero-order valence-electron chi connectivity index (χ0n) is 9.60. The lowest BCUT2D eigenvalue weighted by molar-refractivity contribution is -0.142. The zero-order chi connectivity index (χ0) is 12.1. The third kappa shape index (κ3) is 4.42. The molecule has 5 nitrogen and oxygen atoms in total. The Balaban J connectivity index is 0.00000256. The number of hydrogen-bond donors (Lipinski definition) is 2. The van der Waals surface area contributed by atoms with Crippen molar-refractivity contribution in [2.45, 2.75) is 13.0 Å². The topological polar surface area (TPSA) is 81.4 Å². The van der Waals surface area contributed by atoms with Gasteiger partial charge in [0.2, 0.25) is 5.91 Å². The van der Waals surface area contributed by atoms with Crippen molar-refractivity contribution in [3.05, 3.63) is 29.8 Å². The fourth-order valence-electron chi connectivity index (χ4n) is 1.24. The van der Waals surface area contributed by atoms with Gasteiger partial charge in [0.05, 0.1) is 7.11 Å². The van der Waals surface area contributed by atoms with Crippen LogP contribution in [-0.2, 0) is 14.3 Å². The van der Waals surface area contributed by atoms with E-state index < -0.39 is 12.0 Å². The number of benzene rings is 1. The molecule has 1 aromatic carbocycles. The van der Waals surface area contributed by atoms with Gasteiger partial charge in [0.15, 0.2) is 0 Å². The number of methoxy groups -OCH3 is 1. The Labute approximate surface area is 106 Å². The molecule has 94 valence electrons. The molecule has 0 unspecified atom stereocenters. The van der Waals surface area contributed by atoms with Gasteiger partial charge in [0.1, 0.15) is 6.04 Å². The molecule has 0 aliphatic heterocycles. The van der Waals surface area contributed by atoms with E-state index in [2.05, 4.69) is 10.1 Å². The number of carbonyl (C=O) groups excluding carboxylic acids is 2. The molecule has 0 heterocycles. The highest BCUT2D eigenvalue weighted by molar-refractivity contribution is 5.88. The molecule has 0 saturated heterocycles. The Morgan fingerprint density at radius 2 is 1.82 bits per heavy atom. The number of carbonyl (C=O) groups is 2. The Morgan fingerprint density at radius 3 is 2.24 bits per heavy atom. The van der Waals surface area contributed by atoms with E-state index in [-0.39, 0.29) is 18.3 Å². The number of nitrogens with one attached hydrogen (secondary N) is 1. The highest BCUT2D eigenvalue weighted by Gasteiger charge is 2.15. The normalized spacial score (nSPS) is 11.0. The lowest BCUT2D eigenvalue weighted by atomic mass is 10.1. The van der Waals surface area contributed by atoms with Crippen LogP contribution in [0.2, 0.25) is 0 Å². The number of halogens is 1. The van der Waals surface area contributed by atoms with Crippen LogP contribution in [0.3, 0.4) is 0 Å². The predicted molar refractivity (Wildman–Crippen MR) is 66.9 cm³/mol. The molecule has 0 aliphatic rings. The molecule has 0 bridgehead atoms. The molecule has 0 radical (unpaired) electrons. The Hall–Kier alpha value is -1.59. The van der Waals surface area contributed by atoms with Gasteiger partial charge >= 0.3 is 5.97 Å². The maximum absolute atomic E-state index is 11.2. The Morgan fingerprint density at radius 1 is 1.29 bits per heavy atom. The van der Waals surface area contributed by atoms with E-state index in [1.54, 1.807) is 24.3 Å². The van der Waals surface area contributed by atoms with Crippen molar-refractivity contribution in [2.24, 2.45) is 5.73 Å². The van der Waals surface area contributed by atoms with E-state index in [0.717, 1.165) is 0 Å². The number of ether oxygens (including phenoxy) is 1. The SMILES string of the molecule is COC(=O)[C@H](N)c1ccc(NC(C)=O)cc1.Cl. The van der Waals surface area contributed by atoms with E-state index in [0.29, 0.717) is 11.3 Å². The maximum Gasteiger partial charge on any atom is 0.327 e. The number of esters is 1. The summed E-state index contributed by atoms with van der Waals surface area (Å²) in [6.07, 6.45) is 0. The largest absolute Gasteiger partial charge is 0.468 e. The number of amides is 1. The number of hydrogen-bond acceptors (Lipinski definition) is 4. The highest BCUT2D eigenvalue weighted by Crippen LogP contribution is 2.15.